The highest BCUT2D eigenvalue weighted by molar-refractivity contribution is 14.0. The van der Waals surface area contributed by atoms with Gasteiger partial charge in [-0.15, -0.1) is 24.0 Å². The molecule has 0 radical (unpaired) electrons. The molecule has 1 aliphatic rings. The fourth-order valence-electron chi connectivity index (χ4n) is 3.28. The molecule has 3 N–H and O–H groups in total. The molecule has 0 saturated carbocycles. The molecular weight excluding hydrogens is 477 g/mol. The summed E-state index contributed by atoms with van der Waals surface area (Å²) in [6.45, 7) is 2.74. The smallest absolute Gasteiger partial charge is 0.203 e. The van der Waals surface area contributed by atoms with Crippen molar-refractivity contribution >= 4 is 29.9 Å². The number of methoxy groups -OCH3 is 3. The molecule has 28 heavy (non-hydrogen) atoms. The van der Waals surface area contributed by atoms with E-state index in [1.54, 1.807) is 28.4 Å². The van der Waals surface area contributed by atoms with Crippen LogP contribution in [0.2, 0.25) is 0 Å². The van der Waals surface area contributed by atoms with Crippen LogP contribution in [-0.2, 0) is 11.3 Å². The third-order valence-corrected chi connectivity index (χ3v) is 4.91. The zero-order valence-electron chi connectivity index (χ0n) is 17.0. The summed E-state index contributed by atoms with van der Waals surface area (Å²) in [6.07, 6.45) is 1.64. The lowest BCUT2D eigenvalue weighted by molar-refractivity contribution is 0.127. The number of hydrogen-bond acceptors (Lipinski definition) is 6. The van der Waals surface area contributed by atoms with Gasteiger partial charge in [0, 0.05) is 44.3 Å². The average molecular weight is 509 g/mol. The summed E-state index contributed by atoms with van der Waals surface area (Å²) in [5, 5.41) is 16.0. The number of aliphatic hydroxyl groups excluding tert-OH is 1. The summed E-state index contributed by atoms with van der Waals surface area (Å²) in [6, 6.07) is 3.78. The zero-order chi connectivity index (χ0) is 19.7. The van der Waals surface area contributed by atoms with E-state index in [1.807, 2.05) is 12.1 Å². The predicted octanol–water partition coefficient (Wildman–Crippen LogP) is 1.78. The number of ether oxygens (including phenoxy) is 4. The fourth-order valence-corrected chi connectivity index (χ4v) is 3.28. The molecule has 2 rings (SSSR count). The lowest BCUT2D eigenvalue weighted by Gasteiger charge is -2.27. The van der Waals surface area contributed by atoms with Crippen LogP contribution >= 0.6 is 24.0 Å². The van der Waals surface area contributed by atoms with Gasteiger partial charge in [0.15, 0.2) is 17.5 Å². The molecule has 0 amide bonds. The maximum Gasteiger partial charge on any atom is 0.203 e. The highest BCUT2D eigenvalue weighted by Crippen LogP contribution is 2.39. The quantitative estimate of drug-likeness (QED) is 0.266. The van der Waals surface area contributed by atoms with E-state index in [9.17, 15) is 5.11 Å². The summed E-state index contributed by atoms with van der Waals surface area (Å²) < 4.78 is 21.8. The molecule has 1 aromatic carbocycles. The van der Waals surface area contributed by atoms with Gasteiger partial charge in [-0.25, -0.2) is 0 Å². The second kappa shape index (κ2) is 12.2. The Kier molecular flexibility index (Phi) is 10.7. The van der Waals surface area contributed by atoms with Crippen molar-refractivity contribution < 1.29 is 24.1 Å². The van der Waals surface area contributed by atoms with Crippen LogP contribution in [-0.4, -0.2) is 65.8 Å². The number of guanidine groups is 1. The van der Waals surface area contributed by atoms with Crippen LogP contribution in [0.15, 0.2) is 17.1 Å². The second-order valence-electron chi connectivity index (χ2n) is 6.55. The summed E-state index contributed by atoms with van der Waals surface area (Å²) >= 11 is 0. The molecule has 1 aromatic rings. The molecule has 160 valence electrons. The first kappa shape index (κ1) is 24.6. The van der Waals surface area contributed by atoms with Crippen LogP contribution in [0.5, 0.6) is 17.2 Å². The number of halogens is 1. The van der Waals surface area contributed by atoms with E-state index in [-0.39, 0.29) is 36.0 Å². The van der Waals surface area contributed by atoms with E-state index < -0.39 is 0 Å². The Morgan fingerprint density at radius 2 is 1.93 bits per heavy atom. The van der Waals surface area contributed by atoms with Gasteiger partial charge in [-0.05, 0) is 25.0 Å². The molecule has 0 aromatic heterocycles. The minimum absolute atomic E-state index is 0. The van der Waals surface area contributed by atoms with Crippen LogP contribution in [0.4, 0.5) is 0 Å². The van der Waals surface area contributed by atoms with Crippen LogP contribution in [0, 0.1) is 5.41 Å². The van der Waals surface area contributed by atoms with Gasteiger partial charge >= 0.3 is 0 Å². The molecule has 0 bridgehead atoms. The number of rotatable bonds is 9. The van der Waals surface area contributed by atoms with Crippen LogP contribution < -0.4 is 24.8 Å². The molecular formula is C19H32IN3O5. The van der Waals surface area contributed by atoms with Gasteiger partial charge < -0.3 is 34.7 Å². The first-order valence-corrected chi connectivity index (χ1v) is 9.04. The van der Waals surface area contributed by atoms with Gasteiger partial charge in [-0.1, -0.05) is 0 Å². The monoisotopic (exact) mass is 509 g/mol. The van der Waals surface area contributed by atoms with E-state index in [4.69, 9.17) is 18.9 Å². The van der Waals surface area contributed by atoms with Crippen molar-refractivity contribution in [3.8, 4) is 17.2 Å². The van der Waals surface area contributed by atoms with E-state index in [0.29, 0.717) is 49.3 Å². The molecule has 1 aliphatic heterocycles. The maximum absolute atomic E-state index is 9.35. The van der Waals surface area contributed by atoms with Crippen molar-refractivity contribution in [1.29, 1.82) is 0 Å². The Morgan fingerprint density at radius 3 is 2.46 bits per heavy atom. The number of nitrogens with zero attached hydrogens (tertiary/aromatic N) is 1. The maximum atomic E-state index is 9.35. The number of aliphatic hydroxyl groups is 1. The van der Waals surface area contributed by atoms with E-state index >= 15 is 0 Å². The Balaban J connectivity index is 0.00000392. The van der Waals surface area contributed by atoms with Gasteiger partial charge in [0.1, 0.15) is 0 Å². The van der Waals surface area contributed by atoms with Crippen LogP contribution in [0.1, 0.15) is 18.4 Å². The molecule has 1 heterocycles. The molecule has 8 nitrogen and oxygen atoms in total. The van der Waals surface area contributed by atoms with Crippen molar-refractivity contribution in [3.63, 3.8) is 0 Å². The zero-order valence-corrected chi connectivity index (χ0v) is 19.4. The van der Waals surface area contributed by atoms with Crippen molar-refractivity contribution in [2.45, 2.75) is 19.4 Å². The molecule has 0 aliphatic carbocycles. The van der Waals surface area contributed by atoms with Crippen LogP contribution in [0.3, 0.4) is 0 Å². The SMILES string of the molecule is CN=C(NCc1ccc(OC)c(OC)c1OC)NCC1(CCO)CCOC1.I. The predicted molar refractivity (Wildman–Crippen MR) is 119 cm³/mol. The van der Waals surface area contributed by atoms with Crippen molar-refractivity contribution in [1.82, 2.24) is 10.6 Å². The van der Waals surface area contributed by atoms with E-state index in [0.717, 1.165) is 18.6 Å². The molecule has 1 fully saturated rings. The highest BCUT2D eigenvalue weighted by atomic mass is 127. The normalized spacial score (nSPS) is 19.0. The third-order valence-electron chi connectivity index (χ3n) is 4.91. The van der Waals surface area contributed by atoms with Gasteiger partial charge in [0.05, 0.1) is 27.9 Å². The summed E-state index contributed by atoms with van der Waals surface area (Å²) in [5.41, 5.74) is 0.875. The molecule has 1 saturated heterocycles. The van der Waals surface area contributed by atoms with Gasteiger partial charge in [0.25, 0.3) is 0 Å². The Labute approximate surface area is 184 Å². The number of nitrogens with one attached hydrogen (secondary N) is 2. The van der Waals surface area contributed by atoms with Gasteiger partial charge in [-0.2, -0.15) is 0 Å². The molecule has 0 spiro atoms. The van der Waals surface area contributed by atoms with Gasteiger partial charge in [0.2, 0.25) is 5.75 Å². The van der Waals surface area contributed by atoms with E-state index in [1.165, 1.54) is 0 Å². The number of aliphatic imine (C=N–C) groups is 1. The fraction of sp³-hybridized carbons (Fsp3) is 0.632. The lowest BCUT2D eigenvalue weighted by atomic mass is 9.84. The molecule has 1 unspecified atom stereocenters. The Morgan fingerprint density at radius 1 is 1.18 bits per heavy atom. The third kappa shape index (κ3) is 6.02. The van der Waals surface area contributed by atoms with E-state index in [2.05, 4.69) is 15.6 Å². The molecule has 1 atom stereocenters. The Hall–Kier alpha value is -1.46. The van der Waals surface area contributed by atoms with Crippen molar-refractivity contribution in [2.75, 3.05) is 54.7 Å². The van der Waals surface area contributed by atoms with Crippen molar-refractivity contribution in [2.24, 2.45) is 10.4 Å². The first-order valence-electron chi connectivity index (χ1n) is 9.04. The van der Waals surface area contributed by atoms with Crippen LogP contribution in [0.25, 0.3) is 0 Å². The highest BCUT2D eigenvalue weighted by Gasteiger charge is 2.34. The standard InChI is InChI=1S/C19H31N3O5.HI/c1-20-18(22-12-19(7-9-23)8-10-27-13-19)21-11-14-5-6-15(24-2)17(26-4)16(14)25-3;/h5-6,23H,7-13H2,1-4H3,(H2,20,21,22);1H. The van der Waals surface area contributed by atoms with Crippen molar-refractivity contribution in [3.05, 3.63) is 17.7 Å². The largest absolute Gasteiger partial charge is 0.493 e. The summed E-state index contributed by atoms with van der Waals surface area (Å²) in [5.74, 6) is 2.48. The Bertz CT molecular complexity index is 636. The topological polar surface area (TPSA) is 93.6 Å². The number of benzene rings is 1. The second-order valence-corrected chi connectivity index (χ2v) is 6.55. The minimum Gasteiger partial charge on any atom is -0.493 e. The number of hydrogen-bond donors (Lipinski definition) is 3. The van der Waals surface area contributed by atoms with Gasteiger partial charge in [-0.3, -0.25) is 4.99 Å². The summed E-state index contributed by atoms with van der Waals surface area (Å²) in [4.78, 5) is 4.28. The molecule has 9 heteroatoms. The average Bonchev–Trinajstić information content (AvgIpc) is 3.16. The minimum atomic E-state index is -0.0482. The first-order chi connectivity index (χ1) is 13.1. The lowest BCUT2D eigenvalue weighted by Crippen LogP contribution is -2.44. The summed E-state index contributed by atoms with van der Waals surface area (Å²) in [7, 11) is 6.51.